The molecule has 0 fully saturated rings. The summed E-state index contributed by atoms with van der Waals surface area (Å²) in [5, 5.41) is 8.78. The maximum Gasteiger partial charge on any atom is 0.209 e. The minimum absolute atomic E-state index is 0.0663. The first-order valence-electron chi connectivity index (χ1n) is 11.5. The molecular formula is C25H33N5O2S. The van der Waals surface area contributed by atoms with Gasteiger partial charge < -0.3 is 4.57 Å². The summed E-state index contributed by atoms with van der Waals surface area (Å²) in [4.78, 5) is 2.43. The maximum absolute atomic E-state index is 11.9. The van der Waals surface area contributed by atoms with Crippen molar-refractivity contribution >= 4 is 10.0 Å². The summed E-state index contributed by atoms with van der Waals surface area (Å²) in [6.45, 7) is 9.48. The minimum atomic E-state index is -3.35. The third kappa shape index (κ3) is 5.69. The number of fused-ring (bicyclic) bond motifs is 1. The summed E-state index contributed by atoms with van der Waals surface area (Å²) in [5.74, 6) is 1.69. The van der Waals surface area contributed by atoms with E-state index in [1.807, 2.05) is 13.8 Å². The van der Waals surface area contributed by atoms with Crippen LogP contribution in [0, 0.1) is 12.8 Å². The molecule has 8 heteroatoms. The number of aromatic nitrogens is 3. The first kappa shape index (κ1) is 23.6. The van der Waals surface area contributed by atoms with Gasteiger partial charge >= 0.3 is 0 Å². The number of hydrogen-bond acceptors (Lipinski definition) is 5. The van der Waals surface area contributed by atoms with E-state index >= 15 is 0 Å². The average Bonchev–Trinajstić information content (AvgIpc) is 3.05. The van der Waals surface area contributed by atoms with Crippen LogP contribution < -0.4 is 4.72 Å². The van der Waals surface area contributed by atoms with Crippen molar-refractivity contribution in [2.24, 2.45) is 5.92 Å². The molecule has 3 aromatic rings. The van der Waals surface area contributed by atoms with Crippen LogP contribution in [0.3, 0.4) is 0 Å². The molecule has 0 aliphatic carbocycles. The first-order valence-corrected chi connectivity index (χ1v) is 13.4. The number of benzene rings is 2. The van der Waals surface area contributed by atoms with Crippen LogP contribution in [-0.2, 0) is 29.5 Å². The second kappa shape index (κ2) is 9.75. The van der Waals surface area contributed by atoms with Crippen molar-refractivity contribution in [2.75, 3.05) is 19.3 Å². The van der Waals surface area contributed by atoms with E-state index in [0.717, 1.165) is 38.4 Å². The normalized spacial score (nSPS) is 15.9. The number of hydrogen-bond donors (Lipinski definition) is 1. The highest BCUT2D eigenvalue weighted by Crippen LogP contribution is 2.26. The number of nitrogens with zero attached hydrogens (tertiary/aromatic N) is 4. The molecule has 33 heavy (non-hydrogen) atoms. The molecule has 0 amide bonds. The average molecular weight is 468 g/mol. The summed E-state index contributed by atoms with van der Waals surface area (Å²) in [7, 11) is -3.35. The van der Waals surface area contributed by atoms with Crippen LogP contribution in [0.4, 0.5) is 0 Å². The molecule has 2 heterocycles. The second-order valence-electron chi connectivity index (χ2n) is 9.28. The van der Waals surface area contributed by atoms with Crippen molar-refractivity contribution < 1.29 is 8.42 Å². The molecule has 1 aliphatic heterocycles. The molecule has 0 unspecified atom stereocenters. The highest BCUT2D eigenvalue weighted by Gasteiger charge is 2.28. The Morgan fingerprint density at radius 2 is 1.82 bits per heavy atom. The lowest BCUT2D eigenvalue weighted by atomic mass is 9.99. The van der Waals surface area contributed by atoms with Crippen LogP contribution in [0.2, 0.25) is 0 Å². The molecule has 1 atom stereocenters. The third-order valence-corrected chi connectivity index (χ3v) is 6.90. The largest absolute Gasteiger partial charge is 0.312 e. The minimum Gasteiger partial charge on any atom is -0.312 e. The van der Waals surface area contributed by atoms with Gasteiger partial charge in [-0.1, -0.05) is 56.3 Å². The van der Waals surface area contributed by atoms with Gasteiger partial charge in [-0.3, -0.25) is 4.90 Å². The Bertz CT molecular complexity index is 1220. The first-order chi connectivity index (χ1) is 15.7. The molecular weight excluding hydrogens is 434 g/mol. The van der Waals surface area contributed by atoms with Gasteiger partial charge in [0.15, 0.2) is 5.82 Å². The van der Waals surface area contributed by atoms with E-state index in [1.165, 1.54) is 28.5 Å². The zero-order chi connectivity index (χ0) is 23.6. The monoisotopic (exact) mass is 467 g/mol. The lowest BCUT2D eigenvalue weighted by Crippen LogP contribution is -2.33. The van der Waals surface area contributed by atoms with Gasteiger partial charge in [0.05, 0.1) is 12.3 Å². The predicted molar refractivity (Wildman–Crippen MR) is 131 cm³/mol. The fourth-order valence-electron chi connectivity index (χ4n) is 4.49. The molecule has 2 aromatic carbocycles. The second-order valence-corrected chi connectivity index (χ2v) is 11.1. The van der Waals surface area contributed by atoms with Gasteiger partial charge in [-0.2, -0.15) is 0 Å². The Balaban J connectivity index is 1.49. The Hall–Kier alpha value is -2.55. The number of nitrogens with one attached hydrogen (secondary N) is 1. The van der Waals surface area contributed by atoms with Gasteiger partial charge in [0, 0.05) is 32.6 Å². The summed E-state index contributed by atoms with van der Waals surface area (Å²) >= 11 is 0. The SMILES string of the molecule is Cc1ccccc1-c1cccc(CN2CCc3nnc([C@@H](NS(C)(=O)=O)C(C)C)n3CC2)c1. The van der Waals surface area contributed by atoms with Gasteiger partial charge in [0.2, 0.25) is 10.0 Å². The van der Waals surface area contributed by atoms with E-state index in [1.54, 1.807) is 0 Å². The number of aryl methyl sites for hydroxylation is 1. The molecule has 1 aromatic heterocycles. The van der Waals surface area contributed by atoms with Gasteiger partial charge in [-0.25, -0.2) is 13.1 Å². The van der Waals surface area contributed by atoms with Gasteiger partial charge in [0.25, 0.3) is 0 Å². The maximum atomic E-state index is 11.9. The molecule has 7 nitrogen and oxygen atoms in total. The lowest BCUT2D eigenvalue weighted by Gasteiger charge is -2.23. The van der Waals surface area contributed by atoms with Crippen LogP contribution in [0.5, 0.6) is 0 Å². The Morgan fingerprint density at radius 3 is 2.55 bits per heavy atom. The summed E-state index contributed by atoms with van der Waals surface area (Å²) in [6, 6.07) is 16.8. The van der Waals surface area contributed by atoms with Gasteiger partial charge in [0.1, 0.15) is 5.82 Å². The van der Waals surface area contributed by atoms with Crippen molar-refractivity contribution in [3.63, 3.8) is 0 Å². The summed E-state index contributed by atoms with van der Waals surface area (Å²) in [5.41, 5.74) is 5.07. The summed E-state index contributed by atoms with van der Waals surface area (Å²) < 4.78 is 28.7. The molecule has 0 saturated carbocycles. The van der Waals surface area contributed by atoms with Crippen LogP contribution in [0.15, 0.2) is 48.5 Å². The van der Waals surface area contributed by atoms with E-state index < -0.39 is 16.1 Å². The Kier molecular flexibility index (Phi) is 6.97. The predicted octanol–water partition coefficient (Wildman–Crippen LogP) is 3.56. The highest BCUT2D eigenvalue weighted by molar-refractivity contribution is 7.88. The zero-order valence-electron chi connectivity index (χ0n) is 19.8. The molecule has 1 aliphatic rings. The standard InChI is InChI=1S/C25H33N5O2S/c1-18(2)24(28-33(4,31)32)25-27-26-23-12-13-29(14-15-30(23)25)17-20-9-7-10-21(16-20)22-11-6-5-8-19(22)3/h5-11,16,18,24,28H,12-15,17H2,1-4H3/t24-/m0/s1. The van der Waals surface area contributed by atoms with E-state index in [0.29, 0.717) is 5.82 Å². The molecule has 176 valence electrons. The molecule has 0 saturated heterocycles. The van der Waals surface area contributed by atoms with Crippen molar-refractivity contribution in [1.82, 2.24) is 24.4 Å². The molecule has 0 bridgehead atoms. The third-order valence-electron chi connectivity index (χ3n) is 6.22. The summed E-state index contributed by atoms with van der Waals surface area (Å²) in [6.07, 6.45) is 1.98. The molecule has 1 N–H and O–H groups in total. The van der Waals surface area contributed by atoms with Gasteiger partial charge in [-0.05, 0) is 41.2 Å². The number of sulfonamides is 1. The van der Waals surface area contributed by atoms with Crippen molar-refractivity contribution in [3.05, 3.63) is 71.3 Å². The number of rotatable bonds is 7. The quantitative estimate of drug-likeness (QED) is 0.575. The fraction of sp³-hybridized carbons (Fsp3) is 0.440. The van der Waals surface area contributed by atoms with Crippen LogP contribution >= 0.6 is 0 Å². The molecule has 4 rings (SSSR count). The van der Waals surface area contributed by atoms with Gasteiger partial charge in [-0.15, -0.1) is 10.2 Å². The van der Waals surface area contributed by atoms with E-state index in [9.17, 15) is 8.42 Å². The smallest absolute Gasteiger partial charge is 0.209 e. The fourth-order valence-corrected chi connectivity index (χ4v) is 5.33. The van der Waals surface area contributed by atoms with Crippen LogP contribution in [0.1, 0.15) is 42.7 Å². The lowest BCUT2D eigenvalue weighted by molar-refractivity contribution is 0.269. The Morgan fingerprint density at radius 1 is 1.03 bits per heavy atom. The van der Waals surface area contributed by atoms with E-state index in [4.69, 9.17) is 0 Å². The molecule has 0 radical (unpaired) electrons. The van der Waals surface area contributed by atoms with E-state index in [2.05, 4.69) is 79.8 Å². The van der Waals surface area contributed by atoms with Crippen molar-refractivity contribution in [2.45, 2.75) is 46.3 Å². The zero-order valence-corrected chi connectivity index (χ0v) is 20.6. The van der Waals surface area contributed by atoms with Crippen LogP contribution in [-0.4, -0.2) is 47.4 Å². The van der Waals surface area contributed by atoms with E-state index in [-0.39, 0.29) is 5.92 Å². The topological polar surface area (TPSA) is 80.1 Å². The van der Waals surface area contributed by atoms with Crippen LogP contribution in [0.25, 0.3) is 11.1 Å². The van der Waals surface area contributed by atoms with Crippen molar-refractivity contribution in [3.8, 4) is 11.1 Å². The Labute approximate surface area is 196 Å². The molecule has 0 spiro atoms. The highest BCUT2D eigenvalue weighted by atomic mass is 32.2. The van der Waals surface area contributed by atoms with Crippen molar-refractivity contribution in [1.29, 1.82) is 0 Å².